The number of aromatic nitrogens is 4. The number of hydrogen-bond donors (Lipinski definition) is 1. The molecule has 0 radical (unpaired) electrons. The first kappa shape index (κ1) is 14.1. The van der Waals surface area contributed by atoms with Gasteiger partial charge in [0, 0.05) is 33.0 Å². The van der Waals surface area contributed by atoms with Gasteiger partial charge in [-0.05, 0) is 13.8 Å². The molecule has 7 nitrogen and oxygen atoms in total. The second kappa shape index (κ2) is 5.36. The van der Waals surface area contributed by atoms with Gasteiger partial charge >= 0.3 is 0 Å². The molecule has 0 aliphatic carbocycles. The van der Waals surface area contributed by atoms with E-state index in [-0.39, 0.29) is 5.91 Å². The molecular formula is C13H20N6O. The fraction of sp³-hybridized carbons (Fsp3) is 0.462. The zero-order valence-corrected chi connectivity index (χ0v) is 12.3. The quantitative estimate of drug-likeness (QED) is 0.895. The van der Waals surface area contributed by atoms with E-state index in [4.69, 9.17) is 5.73 Å². The fourth-order valence-corrected chi connectivity index (χ4v) is 2.06. The highest BCUT2D eigenvalue weighted by Crippen LogP contribution is 2.18. The summed E-state index contributed by atoms with van der Waals surface area (Å²) >= 11 is 0. The van der Waals surface area contributed by atoms with Gasteiger partial charge in [0.15, 0.2) is 0 Å². The van der Waals surface area contributed by atoms with Crippen LogP contribution in [0.2, 0.25) is 0 Å². The standard InChI is InChI=1S/C13H20N6O/c1-5-19-12(11(14)9(2)16-19)13(20)18(4)8-10-15-6-7-17(10)3/h6-7H,5,8,14H2,1-4H3. The summed E-state index contributed by atoms with van der Waals surface area (Å²) in [6.45, 7) is 4.77. The van der Waals surface area contributed by atoms with Crippen molar-refractivity contribution in [3.8, 4) is 0 Å². The van der Waals surface area contributed by atoms with E-state index in [0.717, 1.165) is 5.82 Å². The van der Waals surface area contributed by atoms with Gasteiger partial charge in [-0.15, -0.1) is 0 Å². The summed E-state index contributed by atoms with van der Waals surface area (Å²) in [6, 6.07) is 0. The maximum atomic E-state index is 12.5. The van der Waals surface area contributed by atoms with Gasteiger partial charge in [-0.2, -0.15) is 5.10 Å². The summed E-state index contributed by atoms with van der Waals surface area (Å²) in [7, 11) is 3.63. The number of hydrogen-bond acceptors (Lipinski definition) is 4. The van der Waals surface area contributed by atoms with Gasteiger partial charge in [0.05, 0.1) is 17.9 Å². The SMILES string of the molecule is CCn1nc(C)c(N)c1C(=O)N(C)Cc1nccn1C. The maximum Gasteiger partial charge on any atom is 0.274 e. The zero-order chi connectivity index (χ0) is 14.9. The molecule has 7 heteroatoms. The van der Waals surface area contributed by atoms with Crippen molar-refractivity contribution in [2.75, 3.05) is 12.8 Å². The lowest BCUT2D eigenvalue weighted by atomic mass is 10.2. The lowest BCUT2D eigenvalue weighted by molar-refractivity contribution is 0.0769. The summed E-state index contributed by atoms with van der Waals surface area (Å²) in [5.74, 6) is 0.673. The molecule has 0 aliphatic rings. The molecule has 2 aromatic heterocycles. The Balaban J connectivity index is 2.25. The number of imidazole rings is 1. The Hall–Kier alpha value is -2.31. The highest BCUT2D eigenvalue weighted by atomic mass is 16.2. The third-order valence-electron chi connectivity index (χ3n) is 3.32. The third kappa shape index (κ3) is 2.38. The number of nitrogens with zero attached hydrogens (tertiary/aromatic N) is 5. The predicted octanol–water partition coefficient (Wildman–Crippen LogP) is 0.799. The Morgan fingerprint density at radius 2 is 2.20 bits per heavy atom. The Kier molecular flexibility index (Phi) is 3.78. The smallest absolute Gasteiger partial charge is 0.274 e. The minimum atomic E-state index is -0.145. The average Bonchev–Trinajstić information content (AvgIpc) is 2.94. The van der Waals surface area contributed by atoms with E-state index < -0.39 is 0 Å². The Labute approximate surface area is 118 Å². The van der Waals surface area contributed by atoms with E-state index in [1.807, 2.05) is 24.7 Å². The minimum absolute atomic E-state index is 0.145. The molecular weight excluding hydrogens is 256 g/mol. The third-order valence-corrected chi connectivity index (χ3v) is 3.32. The van der Waals surface area contributed by atoms with E-state index in [2.05, 4.69) is 10.1 Å². The van der Waals surface area contributed by atoms with Crippen molar-refractivity contribution in [3.63, 3.8) is 0 Å². The molecule has 0 aromatic carbocycles. The molecule has 0 saturated heterocycles. The molecule has 2 N–H and O–H groups in total. The van der Waals surface area contributed by atoms with Crippen LogP contribution in [0.25, 0.3) is 0 Å². The maximum absolute atomic E-state index is 12.5. The monoisotopic (exact) mass is 276 g/mol. The van der Waals surface area contributed by atoms with Crippen LogP contribution in [0.4, 0.5) is 5.69 Å². The minimum Gasteiger partial charge on any atom is -0.395 e. The Bertz CT molecular complexity index is 627. The summed E-state index contributed by atoms with van der Waals surface area (Å²) in [5, 5.41) is 4.27. The molecule has 108 valence electrons. The van der Waals surface area contributed by atoms with Crippen molar-refractivity contribution in [2.45, 2.75) is 26.9 Å². The highest BCUT2D eigenvalue weighted by molar-refractivity contribution is 5.97. The van der Waals surface area contributed by atoms with Crippen LogP contribution in [0.15, 0.2) is 12.4 Å². The van der Waals surface area contributed by atoms with E-state index >= 15 is 0 Å². The number of nitrogens with two attached hydrogens (primary N) is 1. The van der Waals surface area contributed by atoms with E-state index in [0.29, 0.717) is 30.2 Å². The number of carbonyl (C=O) groups excluding carboxylic acids is 1. The number of carbonyl (C=O) groups is 1. The summed E-state index contributed by atoms with van der Waals surface area (Å²) < 4.78 is 3.53. The summed E-state index contributed by atoms with van der Waals surface area (Å²) in [6.07, 6.45) is 3.56. The van der Waals surface area contributed by atoms with Crippen LogP contribution in [-0.4, -0.2) is 37.2 Å². The van der Waals surface area contributed by atoms with Crippen molar-refractivity contribution >= 4 is 11.6 Å². The van der Waals surface area contributed by atoms with Crippen LogP contribution in [0.3, 0.4) is 0 Å². The number of aryl methyl sites for hydroxylation is 3. The van der Waals surface area contributed by atoms with Gasteiger partial charge in [-0.3, -0.25) is 9.48 Å². The molecule has 0 spiro atoms. The van der Waals surface area contributed by atoms with Crippen LogP contribution < -0.4 is 5.73 Å². The first-order valence-electron chi connectivity index (χ1n) is 6.50. The molecule has 0 atom stereocenters. The largest absolute Gasteiger partial charge is 0.395 e. The van der Waals surface area contributed by atoms with Gasteiger partial charge in [0.25, 0.3) is 5.91 Å². The van der Waals surface area contributed by atoms with Crippen molar-refractivity contribution in [1.29, 1.82) is 0 Å². The number of rotatable bonds is 4. The lowest BCUT2D eigenvalue weighted by Gasteiger charge is -2.17. The van der Waals surface area contributed by atoms with E-state index in [9.17, 15) is 4.79 Å². The van der Waals surface area contributed by atoms with Crippen molar-refractivity contribution in [2.24, 2.45) is 7.05 Å². The molecule has 0 unspecified atom stereocenters. The zero-order valence-electron chi connectivity index (χ0n) is 12.3. The number of amides is 1. The Morgan fingerprint density at radius 1 is 1.50 bits per heavy atom. The van der Waals surface area contributed by atoms with Crippen LogP contribution in [-0.2, 0) is 20.1 Å². The second-order valence-corrected chi connectivity index (χ2v) is 4.78. The second-order valence-electron chi connectivity index (χ2n) is 4.78. The molecule has 0 aliphatic heterocycles. The molecule has 2 rings (SSSR count). The molecule has 2 heterocycles. The van der Waals surface area contributed by atoms with Crippen molar-refractivity contribution in [1.82, 2.24) is 24.2 Å². The lowest BCUT2D eigenvalue weighted by Crippen LogP contribution is -2.30. The number of nitrogen functional groups attached to an aromatic ring is 1. The predicted molar refractivity (Wildman–Crippen MR) is 76.1 cm³/mol. The normalized spacial score (nSPS) is 10.8. The average molecular weight is 276 g/mol. The van der Waals surface area contributed by atoms with Gasteiger partial charge in [-0.25, -0.2) is 4.98 Å². The van der Waals surface area contributed by atoms with E-state index in [1.165, 1.54) is 0 Å². The highest BCUT2D eigenvalue weighted by Gasteiger charge is 2.22. The first-order chi connectivity index (χ1) is 9.45. The first-order valence-corrected chi connectivity index (χ1v) is 6.50. The van der Waals surface area contributed by atoms with Crippen molar-refractivity contribution < 1.29 is 4.79 Å². The molecule has 1 amide bonds. The van der Waals surface area contributed by atoms with E-state index in [1.54, 1.807) is 29.7 Å². The molecule has 0 bridgehead atoms. The van der Waals surface area contributed by atoms with Crippen LogP contribution in [0.1, 0.15) is 28.9 Å². The topological polar surface area (TPSA) is 82.0 Å². The van der Waals surface area contributed by atoms with Gasteiger partial charge < -0.3 is 15.2 Å². The van der Waals surface area contributed by atoms with Gasteiger partial charge in [0.2, 0.25) is 0 Å². The van der Waals surface area contributed by atoms with Crippen LogP contribution in [0.5, 0.6) is 0 Å². The molecule has 20 heavy (non-hydrogen) atoms. The molecule has 0 fully saturated rings. The van der Waals surface area contributed by atoms with Crippen molar-refractivity contribution in [3.05, 3.63) is 29.6 Å². The molecule has 0 saturated carbocycles. The fourth-order valence-electron chi connectivity index (χ4n) is 2.06. The van der Waals surface area contributed by atoms with Gasteiger partial charge in [0.1, 0.15) is 11.5 Å². The van der Waals surface area contributed by atoms with Gasteiger partial charge in [-0.1, -0.05) is 0 Å². The van der Waals surface area contributed by atoms with Crippen LogP contribution in [0, 0.1) is 6.92 Å². The molecule has 2 aromatic rings. The summed E-state index contributed by atoms with van der Waals surface area (Å²) in [5.41, 5.74) is 7.54. The Morgan fingerprint density at radius 3 is 2.75 bits per heavy atom. The summed E-state index contributed by atoms with van der Waals surface area (Å²) in [4.78, 5) is 18.4. The number of anilines is 1. The van der Waals surface area contributed by atoms with Crippen LogP contribution >= 0.6 is 0 Å².